The van der Waals surface area contributed by atoms with Crippen molar-refractivity contribution >= 4 is 6.08 Å². The van der Waals surface area contributed by atoms with Gasteiger partial charge in [0.25, 0.3) is 0 Å². The van der Waals surface area contributed by atoms with Crippen LogP contribution in [0.25, 0.3) is 17.2 Å². The van der Waals surface area contributed by atoms with Crippen molar-refractivity contribution in [2.45, 2.75) is 44.9 Å². The summed E-state index contributed by atoms with van der Waals surface area (Å²) in [6.07, 6.45) is 2.44. The lowest BCUT2D eigenvalue weighted by atomic mass is 9.54. The minimum Gasteiger partial charge on any atom is -0.0639 e. The summed E-state index contributed by atoms with van der Waals surface area (Å²) < 4.78 is 0. The van der Waals surface area contributed by atoms with Gasteiger partial charge in [0.2, 0.25) is 0 Å². The van der Waals surface area contributed by atoms with Crippen molar-refractivity contribution in [3.63, 3.8) is 0 Å². The van der Waals surface area contributed by atoms with Crippen LogP contribution in [-0.4, -0.2) is 0 Å². The second-order valence-electron chi connectivity index (χ2n) is 11.6. The van der Waals surface area contributed by atoms with Gasteiger partial charge in [0.1, 0.15) is 0 Å². The maximum atomic E-state index is 2.46. The summed E-state index contributed by atoms with van der Waals surface area (Å²) in [7, 11) is 0. The van der Waals surface area contributed by atoms with E-state index in [4.69, 9.17) is 0 Å². The van der Waals surface area contributed by atoms with E-state index < -0.39 is 0 Å². The zero-order valence-electron chi connectivity index (χ0n) is 23.2. The van der Waals surface area contributed by atoms with E-state index in [1.165, 1.54) is 66.8 Å². The topological polar surface area (TPSA) is 0 Å². The van der Waals surface area contributed by atoms with Gasteiger partial charge >= 0.3 is 0 Å². The minimum absolute atomic E-state index is 0.158. The van der Waals surface area contributed by atoms with Crippen molar-refractivity contribution in [2.24, 2.45) is 0 Å². The Morgan fingerprint density at radius 3 is 1.59 bits per heavy atom. The Bertz CT molecular complexity index is 1650. The van der Waals surface area contributed by atoms with Crippen LogP contribution in [0.2, 0.25) is 0 Å². The van der Waals surface area contributed by atoms with Gasteiger partial charge in [0.15, 0.2) is 0 Å². The zero-order valence-corrected chi connectivity index (χ0v) is 23.2. The quantitative estimate of drug-likeness (QED) is 0.229. The highest BCUT2D eigenvalue weighted by atomic mass is 14.6. The van der Waals surface area contributed by atoms with Crippen LogP contribution in [0.4, 0.5) is 0 Å². The Labute approximate surface area is 232 Å². The SMILES string of the molecule is CC1=Cc2cccc(C)c2C1C(c1ccccc1)(c1ccccc1)C1c2cc(C)ccc2-c2ccc(C)cc21. The van der Waals surface area contributed by atoms with Crippen molar-refractivity contribution in [1.82, 2.24) is 0 Å². The number of hydrogen-bond acceptors (Lipinski definition) is 0. The molecule has 0 heterocycles. The second kappa shape index (κ2) is 8.95. The Morgan fingerprint density at radius 1 is 0.513 bits per heavy atom. The van der Waals surface area contributed by atoms with Gasteiger partial charge in [0, 0.05) is 17.3 Å². The molecule has 0 aliphatic heterocycles. The predicted octanol–water partition coefficient (Wildman–Crippen LogP) is 9.91. The summed E-state index contributed by atoms with van der Waals surface area (Å²) in [4.78, 5) is 0. The van der Waals surface area contributed by atoms with Crippen LogP contribution in [-0.2, 0) is 5.41 Å². The summed E-state index contributed by atoms with van der Waals surface area (Å²) in [6.45, 7) is 9.12. The molecule has 5 aromatic rings. The first-order valence-corrected chi connectivity index (χ1v) is 14.1. The normalized spacial score (nSPS) is 16.0. The molecule has 0 N–H and O–H groups in total. The zero-order chi connectivity index (χ0) is 26.7. The van der Waals surface area contributed by atoms with E-state index >= 15 is 0 Å². The third-order valence-corrected chi connectivity index (χ3v) is 9.22. The largest absolute Gasteiger partial charge is 0.0639 e. The van der Waals surface area contributed by atoms with E-state index in [0.717, 1.165) is 0 Å². The van der Waals surface area contributed by atoms with Crippen LogP contribution in [0.15, 0.2) is 121 Å². The van der Waals surface area contributed by atoms with Crippen LogP contribution in [0.1, 0.15) is 68.8 Å². The summed E-state index contributed by atoms with van der Waals surface area (Å²) >= 11 is 0. The van der Waals surface area contributed by atoms with Crippen molar-refractivity contribution in [2.75, 3.05) is 0 Å². The van der Waals surface area contributed by atoms with E-state index in [0.29, 0.717) is 0 Å². The first-order chi connectivity index (χ1) is 19.0. The monoisotopic (exact) mass is 502 g/mol. The maximum absolute atomic E-state index is 2.46. The molecule has 7 rings (SSSR count). The molecule has 0 nitrogen and oxygen atoms in total. The second-order valence-corrected chi connectivity index (χ2v) is 11.6. The van der Waals surface area contributed by atoms with Crippen LogP contribution < -0.4 is 0 Å². The predicted molar refractivity (Wildman–Crippen MR) is 164 cm³/mol. The average molecular weight is 503 g/mol. The molecule has 0 fully saturated rings. The van der Waals surface area contributed by atoms with E-state index in [1.54, 1.807) is 0 Å². The number of fused-ring (bicyclic) bond motifs is 4. The Balaban J connectivity index is 1.68. The molecule has 0 saturated carbocycles. The molecule has 0 radical (unpaired) electrons. The first kappa shape index (κ1) is 23.9. The first-order valence-electron chi connectivity index (χ1n) is 14.1. The van der Waals surface area contributed by atoms with Gasteiger partial charge in [-0.2, -0.15) is 0 Å². The molecule has 0 bridgehead atoms. The van der Waals surface area contributed by atoms with E-state index in [9.17, 15) is 0 Å². The lowest BCUT2D eigenvalue weighted by Gasteiger charge is -2.47. The van der Waals surface area contributed by atoms with Crippen LogP contribution in [0, 0.1) is 20.8 Å². The molecule has 39 heavy (non-hydrogen) atoms. The molecular weight excluding hydrogens is 468 g/mol. The maximum Gasteiger partial charge on any atom is 0.0418 e. The van der Waals surface area contributed by atoms with Gasteiger partial charge in [-0.3, -0.25) is 0 Å². The van der Waals surface area contributed by atoms with Crippen LogP contribution >= 0.6 is 0 Å². The summed E-state index contributed by atoms with van der Waals surface area (Å²) in [5.41, 5.74) is 16.3. The molecule has 0 saturated heterocycles. The number of allylic oxidation sites excluding steroid dienone is 1. The molecule has 0 amide bonds. The van der Waals surface area contributed by atoms with Crippen LogP contribution in [0.3, 0.4) is 0 Å². The Kier molecular flexibility index (Phi) is 5.49. The summed E-state index contributed by atoms with van der Waals surface area (Å²) in [5.74, 6) is 0.356. The number of benzene rings is 5. The van der Waals surface area contributed by atoms with Gasteiger partial charge < -0.3 is 0 Å². The standard InChI is InChI=1S/C39H34/c1-25-18-20-32-33-21-19-26(2)23-35(33)38(34(32)22-25)39(30-14-7-5-8-15-30,31-16-9-6-10-17-31)37-28(4)24-29-13-11-12-27(3)36(29)37/h5-24,37-38H,1-4H3. The molecule has 0 spiro atoms. The van der Waals surface area contributed by atoms with Crippen molar-refractivity contribution < 1.29 is 0 Å². The molecule has 190 valence electrons. The van der Waals surface area contributed by atoms with E-state index in [2.05, 4.69) is 149 Å². The summed E-state index contributed by atoms with van der Waals surface area (Å²) in [5, 5.41) is 0. The molecule has 5 aromatic carbocycles. The fraction of sp³-hybridized carbons (Fsp3) is 0.179. The fourth-order valence-electron chi connectivity index (χ4n) is 7.79. The smallest absolute Gasteiger partial charge is 0.0418 e. The molecule has 1 atom stereocenters. The minimum atomic E-state index is -0.345. The number of rotatable bonds is 4. The third-order valence-electron chi connectivity index (χ3n) is 9.22. The Morgan fingerprint density at radius 2 is 1.05 bits per heavy atom. The highest BCUT2D eigenvalue weighted by molar-refractivity contribution is 5.83. The van der Waals surface area contributed by atoms with Crippen molar-refractivity contribution in [3.05, 3.63) is 171 Å². The van der Waals surface area contributed by atoms with E-state index in [-0.39, 0.29) is 17.3 Å². The lowest BCUT2D eigenvalue weighted by Crippen LogP contribution is -2.41. The summed E-state index contributed by atoms with van der Waals surface area (Å²) in [6, 6.07) is 43.7. The molecule has 1 unspecified atom stereocenters. The third kappa shape index (κ3) is 3.44. The molecular formula is C39H34. The molecule has 0 heteroatoms. The average Bonchev–Trinajstić information content (AvgIpc) is 3.45. The van der Waals surface area contributed by atoms with Gasteiger partial charge in [-0.05, 0) is 77.8 Å². The fourth-order valence-corrected chi connectivity index (χ4v) is 7.79. The van der Waals surface area contributed by atoms with E-state index in [1.807, 2.05) is 0 Å². The lowest BCUT2D eigenvalue weighted by molar-refractivity contribution is 0.404. The van der Waals surface area contributed by atoms with Crippen LogP contribution in [0.5, 0.6) is 0 Å². The van der Waals surface area contributed by atoms with Gasteiger partial charge in [-0.15, -0.1) is 0 Å². The Hall–Kier alpha value is -4.16. The molecule has 2 aliphatic carbocycles. The highest BCUT2D eigenvalue weighted by Crippen LogP contribution is 2.64. The number of hydrogen-bond donors (Lipinski definition) is 0. The highest BCUT2D eigenvalue weighted by Gasteiger charge is 2.54. The molecule has 0 aromatic heterocycles. The van der Waals surface area contributed by atoms with Gasteiger partial charge in [-0.25, -0.2) is 0 Å². The molecule has 2 aliphatic rings. The number of aryl methyl sites for hydroxylation is 3. The van der Waals surface area contributed by atoms with Crippen molar-refractivity contribution in [3.8, 4) is 11.1 Å². The van der Waals surface area contributed by atoms with Gasteiger partial charge in [-0.1, -0.05) is 138 Å². The van der Waals surface area contributed by atoms with Crippen molar-refractivity contribution in [1.29, 1.82) is 0 Å². The van der Waals surface area contributed by atoms with Gasteiger partial charge in [0.05, 0.1) is 0 Å².